The Balaban J connectivity index is 1.39. The molecule has 0 saturated carbocycles. The van der Waals surface area contributed by atoms with Crippen LogP contribution >= 0.6 is 11.3 Å². The lowest BCUT2D eigenvalue weighted by Crippen LogP contribution is -2.46. The summed E-state index contributed by atoms with van der Waals surface area (Å²) in [5, 5.41) is 15.2. The van der Waals surface area contributed by atoms with Crippen molar-refractivity contribution in [2.24, 2.45) is 0 Å². The first kappa shape index (κ1) is 16.7. The largest absolute Gasteiger partial charge is 0.368 e. The second-order valence-electron chi connectivity index (χ2n) is 6.00. The molecule has 3 aromatic rings. The normalized spacial score (nSPS) is 15.2. The SMILES string of the molecule is N#Cc1c(F)cccc1N1CCN(Cc2noc(-c3cccs3)n2)CC1. The van der Waals surface area contributed by atoms with E-state index in [1.165, 1.54) is 6.07 Å². The highest BCUT2D eigenvalue weighted by molar-refractivity contribution is 7.13. The van der Waals surface area contributed by atoms with E-state index in [2.05, 4.69) is 15.0 Å². The average molecular weight is 369 g/mol. The van der Waals surface area contributed by atoms with Crippen molar-refractivity contribution in [1.82, 2.24) is 15.0 Å². The summed E-state index contributed by atoms with van der Waals surface area (Å²) in [7, 11) is 0. The van der Waals surface area contributed by atoms with Gasteiger partial charge in [0.15, 0.2) is 5.82 Å². The average Bonchev–Trinajstić information content (AvgIpc) is 3.34. The second kappa shape index (κ2) is 7.23. The summed E-state index contributed by atoms with van der Waals surface area (Å²) in [4.78, 5) is 9.68. The number of halogens is 1. The number of hydrogen-bond donors (Lipinski definition) is 0. The van der Waals surface area contributed by atoms with Crippen molar-refractivity contribution in [2.75, 3.05) is 31.1 Å². The fraction of sp³-hybridized carbons (Fsp3) is 0.278. The molecule has 0 N–H and O–H groups in total. The molecule has 3 heterocycles. The van der Waals surface area contributed by atoms with Crippen molar-refractivity contribution in [1.29, 1.82) is 5.26 Å². The summed E-state index contributed by atoms with van der Waals surface area (Å²) in [5.74, 6) is 0.734. The lowest BCUT2D eigenvalue weighted by atomic mass is 10.1. The third-order valence-corrected chi connectivity index (χ3v) is 5.24. The first-order valence-electron chi connectivity index (χ1n) is 8.27. The minimum atomic E-state index is -0.472. The van der Waals surface area contributed by atoms with E-state index in [0.717, 1.165) is 18.0 Å². The summed E-state index contributed by atoms with van der Waals surface area (Å²) < 4.78 is 19.1. The number of nitrogens with zero attached hydrogens (tertiary/aromatic N) is 5. The van der Waals surface area contributed by atoms with E-state index in [9.17, 15) is 9.65 Å². The molecule has 26 heavy (non-hydrogen) atoms. The quantitative estimate of drug-likeness (QED) is 0.704. The highest BCUT2D eigenvalue weighted by Gasteiger charge is 2.22. The van der Waals surface area contributed by atoms with Gasteiger partial charge in [0.1, 0.15) is 17.4 Å². The molecule has 1 aliphatic heterocycles. The molecule has 1 saturated heterocycles. The lowest BCUT2D eigenvalue weighted by Gasteiger charge is -2.35. The number of benzene rings is 1. The predicted octanol–water partition coefficient (Wildman–Crippen LogP) is 3.13. The molecule has 0 aliphatic carbocycles. The minimum Gasteiger partial charge on any atom is -0.368 e. The molecule has 8 heteroatoms. The lowest BCUT2D eigenvalue weighted by molar-refractivity contribution is 0.240. The van der Waals surface area contributed by atoms with E-state index in [1.54, 1.807) is 23.5 Å². The molecule has 0 atom stereocenters. The monoisotopic (exact) mass is 369 g/mol. The Morgan fingerprint density at radius 2 is 2.04 bits per heavy atom. The van der Waals surface area contributed by atoms with Gasteiger partial charge < -0.3 is 9.42 Å². The standard InChI is InChI=1S/C18H16FN5OS/c19-14-3-1-4-15(13(14)11-20)24-8-6-23(7-9-24)12-17-21-18(25-22-17)16-5-2-10-26-16/h1-5,10H,6-9,12H2. The van der Waals surface area contributed by atoms with Crippen LogP contribution in [0.2, 0.25) is 0 Å². The number of aromatic nitrogens is 2. The Kier molecular flexibility index (Phi) is 4.65. The Hall–Kier alpha value is -2.76. The molecule has 0 unspecified atom stereocenters. The van der Waals surface area contributed by atoms with Crippen LogP contribution in [0.1, 0.15) is 11.4 Å². The third-order valence-electron chi connectivity index (χ3n) is 4.38. The minimum absolute atomic E-state index is 0.111. The Morgan fingerprint density at radius 1 is 1.19 bits per heavy atom. The van der Waals surface area contributed by atoms with E-state index in [-0.39, 0.29) is 5.56 Å². The summed E-state index contributed by atoms with van der Waals surface area (Å²) in [6.07, 6.45) is 0. The van der Waals surface area contributed by atoms with E-state index in [1.807, 2.05) is 28.5 Å². The van der Waals surface area contributed by atoms with E-state index >= 15 is 0 Å². The molecule has 2 aromatic heterocycles. The van der Waals surface area contributed by atoms with Gasteiger partial charge in [0.25, 0.3) is 5.89 Å². The smallest absolute Gasteiger partial charge is 0.268 e. The summed E-state index contributed by atoms with van der Waals surface area (Å²) in [6, 6.07) is 10.6. The number of hydrogen-bond acceptors (Lipinski definition) is 7. The van der Waals surface area contributed by atoms with Gasteiger partial charge in [-0.05, 0) is 23.6 Å². The number of nitriles is 1. The molecule has 0 bridgehead atoms. The van der Waals surface area contributed by atoms with E-state index < -0.39 is 5.82 Å². The summed E-state index contributed by atoms with van der Waals surface area (Å²) >= 11 is 1.56. The molecule has 1 aliphatic rings. The van der Waals surface area contributed by atoms with Crippen LogP contribution in [0.3, 0.4) is 0 Å². The second-order valence-corrected chi connectivity index (χ2v) is 6.95. The number of piperazine rings is 1. The van der Waals surface area contributed by atoms with Crippen LogP contribution in [0, 0.1) is 17.1 Å². The Labute approximate surface area is 154 Å². The van der Waals surface area contributed by atoms with Crippen LogP contribution in [0.4, 0.5) is 10.1 Å². The maximum Gasteiger partial charge on any atom is 0.268 e. The van der Waals surface area contributed by atoms with Crippen LogP contribution in [0.5, 0.6) is 0 Å². The number of rotatable bonds is 4. The zero-order valence-electron chi connectivity index (χ0n) is 13.9. The van der Waals surface area contributed by atoms with Crippen LogP contribution in [0.25, 0.3) is 10.8 Å². The summed E-state index contributed by atoms with van der Waals surface area (Å²) in [5.41, 5.74) is 0.770. The van der Waals surface area contributed by atoms with Crippen LogP contribution < -0.4 is 4.90 Å². The topological polar surface area (TPSA) is 69.2 Å². The molecule has 132 valence electrons. The summed E-state index contributed by atoms with van der Waals surface area (Å²) in [6.45, 7) is 3.60. The van der Waals surface area contributed by atoms with Crippen molar-refractivity contribution in [2.45, 2.75) is 6.54 Å². The molecular formula is C18H16FN5OS. The maximum atomic E-state index is 13.8. The molecule has 6 nitrogen and oxygen atoms in total. The first-order valence-corrected chi connectivity index (χ1v) is 9.15. The van der Waals surface area contributed by atoms with Crippen molar-refractivity contribution < 1.29 is 8.91 Å². The van der Waals surface area contributed by atoms with E-state index in [0.29, 0.717) is 37.0 Å². The van der Waals surface area contributed by atoms with Gasteiger partial charge in [-0.1, -0.05) is 17.3 Å². The van der Waals surface area contributed by atoms with Gasteiger partial charge in [0.05, 0.1) is 17.1 Å². The molecule has 1 fully saturated rings. The third kappa shape index (κ3) is 3.31. The Bertz CT molecular complexity index is 925. The fourth-order valence-corrected chi connectivity index (χ4v) is 3.70. The van der Waals surface area contributed by atoms with Crippen LogP contribution in [-0.4, -0.2) is 41.2 Å². The van der Waals surface area contributed by atoms with Crippen molar-refractivity contribution >= 4 is 17.0 Å². The molecule has 0 spiro atoms. The molecule has 4 rings (SSSR count). The number of anilines is 1. The number of thiophene rings is 1. The predicted molar refractivity (Wildman–Crippen MR) is 96.2 cm³/mol. The zero-order valence-corrected chi connectivity index (χ0v) is 14.7. The maximum absolute atomic E-state index is 13.8. The molecule has 0 amide bonds. The van der Waals surface area contributed by atoms with Crippen molar-refractivity contribution in [3.8, 4) is 16.8 Å². The zero-order chi connectivity index (χ0) is 17.9. The highest BCUT2D eigenvalue weighted by Crippen LogP contribution is 2.25. The highest BCUT2D eigenvalue weighted by atomic mass is 32.1. The molecular weight excluding hydrogens is 353 g/mol. The van der Waals surface area contributed by atoms with Crippen molar-refractivity contribution in [3.63, 3.8) is 0 Å². The van der Waals surface area contributed by atoms with Crippen molar-refractivity contribution in [3.05, 3.63) is 52.9 Å². The molecule has 0 radical (unpaired) electrons. The van der Waals surface area contributed by atoms with Gasteiger partial charge >= 0.3 is 0 Å². The van der Waals surface area contributed by atoms with Gasteiger partial charge in [0, 0.05) is 26.2 Å². The molecule has 1 aromatic carbocycles. The first-order chi connectivity index (χ1) is 12.7. The fourth-order valence-electron chi connectivity index (χ4n) is 3.05. The van der Waals surface area contributed by atoms with Gasteiger partial charge in [0.2, 0.25) is 0 Å². The van der Waals surface area contributed by atoms with Gasteiger partial charge in [-0.3, -0.25) is 4.90 Å². The van der Waals surface area contributed by atoms with Gasteiger partial charge in [-0.15, -0.1) is 11.3 Å². The van der Waals surface area contributed by atoms with Crippen LogP contribution in [0.15, 0.2) is 40.2 Å². The van der Waals surface area contributed by atoms with Gasteiger partial charge in [-0.25, -0.2) is 4.39 Å². The Morgan fingerprint density at radius 3 is 2.77 bits per heavy atom. The van der Waals surface area contributed by atoms with Crippen LogP contribution in [-0.2, 0) is 6.54 Å². The van der Waals surface area contributed by atoms with Gasteiger partial charge in [-0.2, -0.15) is 10.2 Å². The van der Waals surface area contributed by atoms with E-state index in [4.69, 9.17) is 4.52 Å².